The first-order valence-corrected chi connectivity index (χ1v) is 10.0. The maximum absolute atomic E-state index is 13.0. The Balaban J connectivity index is 1.45. The molecule has 7 nitrogen and oxygen atoms in total. The molecule has 0 aliphatic carbocycles. The molecule has 7 heteroatoms. The maximum atomic E-state index is 13.0. The van der Waals surface area contributed by atoms with E-state index < -0.39 is 0 Å². The van der Waals surface area contributed by atoms with Crippen molar-refractivity contribution in [2.45, 2.75) is 25.2 Å². The Labute approximate surface area is 175 Å². The number of rotatable bonds is 6. The van der Waals surface area contributed by atoms with Crippen LogP contribution < -0.4 is 9.47 Å². The number of hydrogen-bond donors (Lipinski definition) is 0. The topological polar surface area (TPSA) is 77.7 Å². The molecule has 30 heavy (non-hydrogen) atoms. The lowest BCUT2D eigenvalue weighted by atomic mass is 9.97. The average molecular weight is 407 g/mol. The lowest BCUT2D eigenvalue weighted by Crippen LogP contribution is -2.39. The van der Waals surface area contributed by atoms with E-state index in [1.54, 1.807) is 31.6 Å². The monoisotopic (exact) mass is 407 g/mol. The standard InChI is InChI=1S/C23H25N3O4/c1-28-18-8-3-6-16(12-18)13-19-14-25-21(30-19)17-7-5-11-26(15-17)23(27)20-9-4-10-24-22(20)29-2/h3-4,6,8-10,12,14,17H,5,7,11,13,15H2,1-2H3. The molecular formula is C23H25N3O4. The number of pyridine rings is 1. The van der Waals surface area contributed by atoms with Crippen LogP contribution in [0, 0.1) is 0 Å². The van der Waals surface area contributed by atoms with Crippen molar-refractivity contribution in [2.75, 3.05) is 27.3 Å². The van der Waals surface area contributed by atoms with E-state index in [1.807, 2.05) is 29.2 Å². The molecule has 1 aliphatic rings. The molecule has 0 saturated carbocycles. The number of aromatic nitrogens is 2. The van der Waals surface area contributed by atoms with Gasteiger partial charge in [-0.3, -0.25) is 4.79 Å². The highest BCUT2D eigenvalue weighted by atomic mass is 16.5. The van der Waals surface area contributed by atoms with Crippen molar-refractivity contribution in [1.82, 2.24) is 14.9 Å². The van der Waals surface area contributed by atoms with E-state index >= 15 is 0 Å². The number of methoxy groups -OCH3 is 2. The summed E-state index contributed by atoms with van der Waals surface area (Å²) in [5, 5.41) is 0. The van der Waals surface area contributed by atoms with Gasteiger partial charge in [-0.1, -0.05) is 12.1 Å². The fraction of sp³-hybridized carbons (Fsp3) is 0.348. The second-order valence-corrected chi connectivity index (χ2v) is 7.34. The summed E-state index contributed by atoms with van der Waals surface area (Å²) in [6, 6.07) is 11.4. The number of piperidine rings is 1. The van der Waals surface area contributed by atoms with Gasteiger partial charge in [-0.05, 0) is 42.7 Å². The minimum Gasteiger partial charge on any atom is -0.497 e. The summed E-state index contributed by atoms with van der Waals surface area (Å²) in [6.07, 6.45) is 5.87. The summed E-state index contributed by atoms with van der Waals surface area (Å²) in [6.45, 7) is 1.26. The Hall–Kier alpha value is -3.35. The highest BCUT2D eigenvalue weighted by molar-refractivity contribution is 5.96. The number of ether oxygens (including phenoxy) is 2. The third kappa shape index (κ3) is 4.30. The van der Waals surface area contributed by atoms with Gasteiger partial charge in [-0.25, -0.2) is 9.97 Å². The van der Waals surface area contributed by atoms with E-state index in [9.17, 15) is 4.79 Å². The van der Waals surface area contributed by atoms with Crippen LogP contribution in [-0.4, -0.2) is 48.1 Å². The normalized spacial score (nSPS) is 16.3. The van der Waals surface area contributed by atoms with E-state index in [0.717, 1.165) is 29.9 Å². The quantitative estimate of drug-likeness (QED) is 0.620. The molecule has 2 aromatic heterocycles. The van der Waals surface area contributed by atoms with Crippen molar-refractivity contribution in [3.05, 3.63) is 71.6 Å². The van der Waals surface area contributed by atoms with Gasteiger partial charge in [-0.2, -0.15) is 0 Å². The summed E-state index contributed by atoms with van der Waals surface area (Å²) in [5.41, 5.74) is 1.58. The Morgan fingerprint density at radius 1 is 1.20 bits per heavy atom. The Bertz CT molecular complexity index is 1020. The molecule has 1 unspecified atom stereocenters. The summed E-state index contributed by atoms with van der Waals surface area (Å²) in [7, 11) is 3.18. The molecule has 1 fully saturated rings. The SMILES string of the molecule is COc1cccc(Cc2cnc(C3CCCN(C(=O)c4cccnc4OC)C3)o2)c1. The lowest BCUT2D eigenvalue weighted by molar-refractivity contribution is 0.0693. The molecule has 3 aromatic rings. The first-order valence-electron chi connectivity index (χ1n) is 10.0. The van der Waals surface area contributed by atoms with E-state index in [0.29, 0.717) is 36.8 Å². The number of carbonyl (C=O) groups excluding carboxylic acids is 1. The third-order valence-electron chi connectivity index (χ3n) is 5.34. The van der Waals surface area contributed by atoms with Gasteiger partial charge in [0.25, 0.3) is 5.91 Å². The molecule has 0 spiro atoms. The second-order valence-electron chi connectivity index (χ2n) is 7.34. The first-order chi connectivity index (χ1) is 14.7. The van der Waals surface area contributed by atoms with Crippen molar-refractivity contribution < 1.29 is 18.7 Å². The van der Waals surface area contributed by atoms with Gasteiger partial charge in [0.1, 0.15) is 17.1 Å². The lowest BCUT2D eigenvalue weighted by Gasteiger charge is -2.31. The van der Waals surface area contributed by atoms with Gasteiger partial charge in [0, 0.05) is 25.7 Å². The molecule has 1 atom stereocenters. The van der Waals surface area contributed by atoms with E-state index in [4.69, 9.17) is 13.9 Å². The fourth-order valence-corrected chi connectivity index (χ4v) is 3.83. The largest absolute Gasteiger partial charge is 0.497 e. The minimum atomic E-state index is -0.0761. The summed E-state index contributed by atoms with van der Waals surface area (Å²) >= 11 is 0. The fourth-order valence-electron chi connectivity index (χ4n) is 3.83. The van der Waals surface area contributed by atoms with Gasteiger partial charge < -0.3 is 18.8 Å². The molecule has 156 valence electrons. The highest BCUT2D eigenvalue weighted by Crippen LogP contribution is 2.29. The van der Waals surface area contributed by atoms with Crippen LogP contribution in [0.15, 0.2) is 53.2 Å². The van der Waals surface area contributed by atoms with Gasteiger partial charge >= 0.3 is 0 Å². The predicted molar refractivity (Wildman–Crippen MR) is 111 cm³/mol. The van der Waals surface area contributed by atoms with E-state index in [1.165, 1.54) is 7.11 Å². The van der Waals surface area contributed by atoms with Gasteiger partial charge in [0.2, 0.25) is 5.88 Å². The Morgan fingerprint density at radius 2 is 2.10 bits per heavy atom. The number of likely N-dealkylation sites (tertiary alicyclic amines) is 1. The highest BCUT2D eigenvalue weighted by Gasteiger charge is 2.29. The van der Waals surface area contributed by atoms with Crippen LogP contribution in [0.3, 0.4) is 0 Å². The molecule has 0 N–H and O–H groups in total. The van der Waals surface area contributed by atoms with Crippen molar-refractivity contribution in [3.8, 4) is 11.6 Å². The zero-order valence-electron chi connectivity index (χ0n) is 17.2. The predicted octanol–water partition coefficient (Wildman–Crippen LogP) is 3.70. The number of benzene rings is 1. The van der Waals surface area contributed by atoms with Crippen LogP contribution in [0.2, 0.25) is 0 Å². The van der Waals surface area contributed by atoms with Crippen molar-refractivity contribution >= 4 is 5.91 Å². The molecule has 1 aromatic carbocycles. The van der Waals surface area contributed by atoms with Crippen LogP contribution in [0.4, 0.5) is 0 Å². The van der Waals surface area contributed by atoms with Crippen LogP contribution in [-0.2, 0) is 6.42 Å². The molecule has 0 bridgehead atoms. The van der Waals surface area contributed by atoms with Crippen molar-refractivity contribution in [2.24, 2.45) is 0 Å². The smallest absolute Gasteiger partial charge is 0.259 e. The van der Waals surface area contributed by atoms with Gasteiger partial charge in [0.15, 0.2) is 5.89 Å². The number of nitrogens with zero attached hydrogens (tertiary/aromatic N) is 3. The Kier molecular flexibility index (Phi) is 5.97. The second kappa shape index (κ2) is 8.98. The molecule has 1 aliphatic heterocycles. The molecular weight excluding hydrogens is 382 g/mol. The van der Waals surface area contributed by atoms with E-state index in [2.05, 4.69) is 9.97 Å². The maximum Gasteiger partial charge on any atom is 0.259 e. The van der Waals surface area contributed by atoms with Gasteiger partial charge in [-0.15, -0.1) is 0 Å². The number of carbonyl (C=O) groups is 1. The molecule has 3 heterocycles. The van der Waals surface area contributed by atoms with Crippen LogP contribution in [0.5, 0.6) is 11.6 Å². The number of amides is 1. The number of hydrogen-bond acceptors (Lipinski definition) is 6. The summed E-state index contributed by atoms with van der Waals surface area (Å²) < 4.78 is 16.6. The summed E-state index contributed by atoms with van der Waals surface area (Å²) in [5.74, 6) is 2.65. The average Bonchev–Trinajstić information content (AvgIpc) is 3.27. The third-order valence-corrected chi connectivity index (χ3v) is 5.34. The van der Waals surface area contributed by atoms with Crippen LogP contribution in [0.25, 0.3) is 0 Å². The number of oxazole rings is 1. The summed E-state index contributed by atoms with van der Waals surface area (Å²) in [4.78, 5) is 23.5. The van der Waals surface area contributed by atoms with Gasteiger partial charge in [0.05, 0.1) is 26.3 Å². The first kappa shape index (κ1) is 19.9. The van der Waals surface area contributed by atoms with Crippen molar-refractivity contribution in [1.29, 1.82) is 0 Å². The van der Waals surface area contributed by atoms with Crippen molar-refractivity contribution in [3.63, 3.8) is 0 Å². The van der Waals surface area contributed by atoms with Crippen LogP contribution >= 0.6 is 0 Å². The van der Waals surface area contributed by atoms with Crippen LogP contribution in [0.1, 0.15) is 46.3 Å². The molecule has 1 saturated heterocycles. The zero-order valence-corrected chi connectivity index (χ0v) is 17.2. The molecule has 0 radical (unpaired) electrons. The Morgan fingerprint density at radius 3 is 2.93 bits per heavy atom. The van der Waals surface area contributed by atoms with E-state index in [-0.39, 0.29) is 11.8 Å². The molecule has 1 amide bonds. The zero-order chi connectivity index (χ0) is 20.9. The minimum absolute atomic E-state index is 0.0735. The molecule has 4 rings (SSSR count).